The number of hydrogen-bond acceptors (Lipinski definition) is 4. The van der Waals surface area contributed by atoms with Gasteiger partial charge < -0.3 is 20.7 Å². The molecule has 4 N–H and O–H groups in total. The number of rotatable bonds is 3. The van der Waals surface area contributed by atoms with Crippen LogP contribution in [0.5, 0.6) is 11.5 Å². The molecule has 0 fully saturated rings. The lowest BCUT2D eigenvalue weighted by atomic mass is 10.1. The Hall–Kier alpha value is -0.780. The van der Waals surface area contributed by atoms with Gasteiger partial charge in [0.1, 0.15) is 0 Å². The zero-order valence-electron chi connectivity index (χ0n) is 7.70. The summed E-state index contributed by atoms with van der Waals surface area (Å²) in [6.45, 7) is 0.0488. The van der Waals surface area contributed by atoms with Gasteiger partial charge in [-0.25, -0.2) is 0 Å². The number of ether oxygens (including phenoxy) is 1. The van der Waals surface area contributed by atoms with Crippen LogP contribution in [0.1, 0.15) is 11.7 Å². The van der Waals surface area contributed by atoms with E-state index in [-0.39, 0.29) is 12.3 Å². The topological polar surface area (TPSA) is 75.7 Å². The number of hydrogen-bond donors (Lipinski definition) is 3. The summed E-state index contributed by atoms with van der Waals surface area (Å²) < 4.78 is 5.65. The van der Waals surface area contributed by atoms with Crippen LogP contribution in [0.3, 0.4) is 0 Å². The van der Waals surface area contributed by atoms with E-state index < -0.39 is 6.10 Å². The van der Waals surface area contributed by atoms with Crippen molar-refractivity contribution in [2.75, 3.05) is 13.7 Å². The van der Waals surface area contributed by atoms with Gasteiger partial charge >= 0.3 is 0 Å². The molecule has 5 heteroatoms. The minimum atomic E-state index is -0.888. The lowest BCUT2D eigenvalue weighted by molar-refractivity contribution is 0.181. The second kappa shape index (κ2) is 4.63. The molecule has 0 aliphatic carbocycles. The minimum absolute atomic E-state index is 0.0488. The number of aliphatic hydroxyl groups is 1. The summed E-state index contributed by atoms with van der Waals surface area (Å²) >= 11 is 3.24. The van der Waals surface area contributed by atoms with Crippen molar-refractivity contribution in [2.45, 2.75) is 6.10 Å². The van der Waals surface area contributed by atoms with Gasteiger partial charge in [0.25, 0.3) is 0 Å². The molecule has 0 heterocycles. The average molecular weight is 262 g/mol. The maximum atomic E-state index is 9.65. The molecule has 4 nitrogen and oxygen atoms in total. The Kier molecular flexibility index (Phi) is 3.74. The molecule has 14 heavy (non-hydrogen) atoms. The van der Waals surface area contributed by atoms with E-state index in [9.17, 15) is 10.2 Å². The smallest absolute Gasteiger partial charge is 0.163 e. The van der Waals surface area contributed by atoms with Crippen molar-refractivity contribution in [3.05, 3.63) is 22.2 Å². The minimum Gasteiger partial charge on any atom is -0.504 e. The van der Waals surface area contributed by atoms with Crippen molar-refractivity contribution in [1.29, 1.82) is 0 Å². The Morgan fingerprint density at radius 2 is 2.21 bits per heavy atom. The van der Waals surface area contributed by atoms with Crippen LogP contribution in [0, 0.1) is 0 Å². The molecule has 0 aromatic heterocycles. The second-order valence-electron chi connectivity index (χ2n) is 2.80. The molecule has 0 saturated carbocycles. The van der Waals surface area contributed by atoms with Crippen LogP contribution in [0.4, 0.5) is 0 Å². The predicted molar refractivity (Wildman–Crippen MR) is 56.4 cm³/mol. The van der Waals surface area contributed by atoms with Gasteiger partial charge in [-0.3, -0.25) is 0 Å². The highest BCUT2D eigenvalue weighted by molar-refractivity contribution is 9.10. The van der Waals surface area contributed by atoms with Gasteiger partial charge in [0.2, 0.25) is 0 Å². The fraction of sp³-hybridized carbons (Fsp3) is 0.333. The second-order valence-corrected chi connectivity index (χ2v) is 3.71. The number of aliphatic hydroxyl groups excluding tert-OH is 1. The molecule has 78 valence electrons. The lowest BCUT2D eigenvalue weighted by Crippen LogP contribution is -2.11. The number of phenolic OH excluding ortho intramolecular Hbond substituents is 1. The normalized spacial score (nSPS) is 12.6. The zero-order valence-corrected chi connectivity index (χ0v) is 9.28. The molecular weight excluding hydrogens is 250 g/mol. The van der Waals surface area contributed by atoms with E-state index in [0.29, 0.717) is 11.3 Å². The molecule has 0 aliphatic rings. The molecule has 0 saturated heterocycles. The monoisotopic (exact) mass is 261 g/mol. The maximum absolute atomic E-state index is 9.65. The maximum Gasteiger partial charge on any atom is 0.163 e. The van der Waals surface area contributed by atoms with Crippen molar-refractivity contribution in [3.8, 4) is 11.5 Å². The molecule has 1 aromatic rings. The summed E-state index contributed by atoms with van der Waals surface area (Å²) in [5.41, 5.74) is 5.66. The molecule has 1 rings (SSSR count). The van der Waals surface area contributed by atoms with Gasteiger partial charge in [-0.05, 0) is 12.1 Å². The highest BCUT2D eigenvalue weighted by atomic mass is 79.9. The molecule has 0 radical (unpaired) electrons. The largest absolute Gasteiger partial charge is 0.504 e. The number of methoxy groups -OCH3 is 1. The molecule has 0 amide bonds. The third kappa shape index (κ3) is 2.17. The standard InChI is InChI=1S/C9H12BrNO3/c1-14-8-3-5(10)2-6(9(8)13)7(12)4-11/h2-3,7,12-13H,4,11H2,1H3/t7-/m0/s1. The van der Waals surface area contributed by atoms with Crippen molar-refractivity contribution < 1.29 is 14.9 Å². The van der Waals surface area contributed by atoms with Crippen LogP contribution in [0.15, 0.2) is 16.6 Å². The van der Waals surface area contributed by atoms with Gasteiger partial charge in [0, 0.05) is 16.6 Å². The van der Waals surface area contributed by atoms with Crippen LogP contribution < -0.4 is 10.5 Å². The van der Waals surface area contributed by atoms with E-state index in [2.05, 4.69) is 15.9 Å². The van der Waals surface area contributed by atoms with Gasteiger partial charge in [-0.15, -0.1) is 0 Å². The Balaban J connectivity index is 3.21. The first kappa shape index (κ1) is 11.3. The Morgan fingerprint density at radius 1 is 1.57 bits per heavy atom. The Labute approximate surface area is 90.4 Å². The molecule has 0 aliphatic heterocycles. The average Bonchev–Trinajstić information content (AvgIpc) is 2.19. The SMILES string of the molecule is COc1cc(Br)cc([C@@H](O)CN)c1O. The van der Waals surface area contributed by atoms with Crippen LogP contribution >= 0.6 is 15.9 Å². The molecule has 1 atom stereocenters. The number of benzene rings is 1. The zero-order chi connectivity index (χ0) is 10.7. The van der Waals surface area contributed by atoms with Crippen LogP contribution in [-0.2, 0) is 0 Å². The summed E-state index contributed by atoms with van der Waals surface area (Å²) in [6.07, 6.45) is -0.888. The first-order valence-electron chi connectivity index (χ1n) is 4.04. The number of phenols is 1. The molecule has 0 unspecified atom stereocenters. The third-order valence-corrected chi connectivity index (χ3v) is 2.33. The van der Waals surface area contributed by atoms with Crippen molar-refractivity contribution in [2.24, 2.45) is 5.73 Å². The number of nitrogens with two attached hydrogens (primary N) is 1. The summed E-state index contributed by atoms with van der Waals surface area (Å²) in [5.74, 6) is 0.232. The lowest BCUT2D eigenvalue weighted by Gasteiger charge is -2.13. The molecular formula is C9H12BrNO3. The summed E-state index contributed by atoms with van der Waals surface area (Å²) in [6, 6.07) is 3.22. The third-order valence-electron chi connectivity index (χ3n) is 1.87. The van der Waals surface area contributed by atoms with Gasteiger partial charge in [0.05, 0.1) is 13.2 Å². The van der Waals surface area contributed by atoms with Crippen molar-refractivity contribution in [3.63, 3.8) is 0 Å². The van der Waals surface area contributed by atoms with E-state index in [1.807, 2.05) is 0 Å². The predicted octanol–water partition coefficient (Wildman–Crippen LogP) is 1.16. The number of aromatic hydroxyl groups is 1. The molecule has 0 bridgehead atoms. The van der Waals surface area contributed by atoms with E-state index in [4.69, 9.17) is 10.5 Å². The summed E-state index contributed by atoms with van der Waals surface area (Å²) in [7, 11) is 1.44. The highest BCUT2D eigenvalue weighted by Gasteiger charge is 2.15. The van der Waals surface area contributed by atoms with Crippen LogP contribution in [0.2, 0.25) is 0 Å². The van der Waals surface area contributed by atoms with Crippen LogP contribution in [0.25, 0.3) is 0 Å². The number of halogens is 1. The summed E-state index contributed by atoms with van der Waals surface area (Å²) in [5, 5.41) is 19.1. The fourth-order valence-electron chi connectivity index (χ4n) is 1.13. The van der Waals surface area contributed by atoms with Crippen LogP contribution in [-0.4, -0.2) is 23.9 Å². The van der Waals surface area contributed by atoms with Gasteiger partial charge in [-0.1, -0.05) is 15.9 Å². The fourth-order valence-corrected chi connectivity index (χ4v) is 1.59. The van der Waals surface area contributed by atoms with Crippen molar-refractivity contribution in [1.82, 2.24) is 0 Å². The molecule has 0 spiro atoms. The first-order chi connectivity index (χ1) is 6.60. The highest BCUT2D eigenvalue weighted by Crippen LogP contribution is 2.36. The van der Waals surface area contributed by atoms with E-state index in [1.165, 1.54) is 7.11 Å². The quantitative estimate of drug-likeness (QED) is 0.763. The molecule has 1 aromatic carbocycles. The van der Waals surface area contributed by atoms with Gasteiger partial charge in [0.15, 0.2) is 11.5 Å². The Morgan fingerprint density at radius 3 is 2.71 bits per heavy atom. The summed E-state index contributed by atoms with van der Waals surface area (Å²) in [4.78, 5) is 0. The Bertz CT molecular complexity index is 330. The van der Waals surface area contributed by atoms with E-state index >= 15 is 0 Å². The van der Waals surface area contributed by atoms with E-state index in [0.717, 1.165) is 4.47 Å². The van der Waals surface area contributed by atoms with Crippen molar-refractivity contribution >= 4 is 15.9 Å². The van der Waals surface area contributed by atoms with Gasteiger partial charge in [-0.2, -0.15) is 0 Å². The first-order valence-corrected chi connectivity index (χ1v) is 4.84. The van der Waals surface area contributed by atoms with E-state index in [1.54, 1.807) is 12.1 Å².